The van der Waals surface area contributed by atoms with Crippen molar-refractivity contribution in [3.63, 3.8) is 0 Å². The molecule has 1 rings (SSSR count). The number of carbonyl (C=O) groups is 1. The van der Waals surface area contributed by atoms with Crippen LogP contribution in [0.15, 0.2) is 24.3 Å². The van der Waals surface area contributed by atoms with Gasteiger partial charge in [0.15, 0.2) is 5.60 Å². The summed E-state index contributed by atoms with van der Waals surface area (Å²) < 4.78 is 5.38. The van der Waals surface area contributed by atoms with E-state index in [1.807, 2.05) is 6.07 Å². The number of benzene rings is 1. The maximum atomic E-state index is 11.0. The number of rotatable bonds is 3. The van der Waals surface area contributed by atoms with Crippen molar-refractivity contribution in [2.45, 2.75) is 19.4 Å². The minimum absolute atomic E-state index is 0.512. The molecule has 0 aliphatic carbocycles. The molecule has 0 saturated carbocycles. The van der Waals surface area contributed by atoms with Crippen LogP contribution in [-0.4, -0.2) is 11.5 Å². The molecule has 0 unspecified atom stereocenters. The molecule has 4 nitrogen and oxygen atoms in total. The van der Waals surface area contributed by atoms with E-state index in [1.54, 1.807) is 38.1 Å². The first-order valence-electron chi connectivity index (χ1n) is 4.45. The Labute approximate surface area is 88.3 Å². The molecular formula is C11H12N2O2. The van der Waals surface area contributed by atoms with Crippen LogP contribution in [0.4, 0.5) is 0 Å². The predicted octanol–water partition coefficient (Wildman–Crippen LogP) is 1.20. The molecule has 0 aromatic heterocycles. The summed E-state index contributed by atoms with van der Waals surface area (Å²) in [6.45, 7) is 3.18. The average molecular weight is 204 g/mol. The van der Waals surface area contributed by atoms with E-state index in [0.717, 1.165) is 0 Å². The molecule has 0 saturated heterocycles. The number of amides is 1. The minimum Gasteiger partial charge on any atom is -0.478 e. The Morgan fingerprint density at radius 3 is 2.33 bits per heavy atom. The zero-order valence-electron chi connectivity index (χ0n) is 8.65. The van der Waals surface area contributed by atoms with Gasteiger partial charge in [-0.2, -0.15) is 5.26 Å². The van der Waals surface area contributed by atoms with Crippen molar-refractivity contribution in [3.05, 3.63) is 29.8 Å². The van der Waals surface area contributed by atoms with Crippen molar-refractivity contribution >= 4 is 5.91 Å². The summed E-state index contributed by atoms with van der Waals surface area (Å²) in [6.07, 6.45) is 0. The normalized spacial score (nSPS) is 10.5. The molecule has 0 aliphatic heterocycles. The van der Waals surface area contributed by atoms with Crippen LogP contribution in [0.2, 0.25) is 0 Å². The third-order valence-corrected chi connectivity index (χ3v) is 1.95. The van der Waals surface area contributed by atoms with E-state index in [2.05, 4.69) is 0 Å². The van der Waals surface area contributed by atoms with Crippen molar-refractivity contribution in [3.8, 4) is 11.8 Å². The minimum atomic E-state index is -1.05. The summed E-state index contributed by atoms with van der Waals surface area (Å²) in [4.78, 5) is 11.0. The molecule has 0 aliphatic rings. The molecule has 1 aromatic carbocycles. The Morgan fingerprint density at radius 1 is 1.40 bits per heavy atom. The third kappa shape index (κ3) is 2.71. The fraction of sp³-hybridized carbons (Fsp3) is 0.273. The molecule has 1 aromatic rings. The van der Waals surface area contributed by atoms with E-state index in [9.17, 15) is 4.79 Å². The van der Waals surface area contributed by atoms with Crippen molar-refractivity contribution in [2.75, 3.05) is 0 Å². The monoisotopic (exact) mass is 204 g/mol. The number of nitrogens with zero attached hydrogens (tertiary/aromatic N) is 1. The molecule has 2 N–H and O–H groups in total. The first kappa shape index (κ1) is 11.1. The zero-order chi connectivity index (χ0) is 11.5. The number of ether oxygens (including phenoxy) is 1. The second kappa shape index (κ2) is 4.01. The topological polar surface area (TPSA) is 76.1 Å². The van der Waals surface area contributed by atoms with Crippen LogP contribution < -0.4 is 10.5 Å². The fourth-order valence-corrected chi connectivity index (χ4v) is 0.942. The first-order chi connectivity index (χ1) is 6.95. The maximum absolute atomic E-state index is 11.0. The van der Waals surface area contributed by atoms with E-state index < -0.39 is 11.5 Å². The van der Waals surface area contributed by atoms with Gasteiger partial charge in [0, 0.05) is 0 Å². The summed E-state index contributed by atoms with van der Waals surface area (Å²) in [6, 6.07) is 8.48. The van der Waals surface area contributed by atoms with Gasteiger partial charge in [-0.05, 0) is 38.1 Å². The summed E-state index contributed by atoms with van der Waals surface area (Å²) >= 11 is 0. The van der Waals surface area contributed by atoms with Crippen LogP contribution in [0.25, 0.3) is 0 Å². The van der Waals surface area contributed by atoms with Gasteiger partial charge in [0.1, 0.15) is 5.75 Å². The molecule has 0 atom stereocenters. The number of carbonyl (C=O) groups excluding carboxylic acids is 1. The van der Waals surface area contributed by atoms with Gasteiger partial charge in [0.2, 0.25) is 0 Å². The number of nitriles is 1. The number of hydrogen-bond donors (Lipinski definition) is 1. The summed E-state index contributed by atoms with van der Waals surface area (Å²) in [5.74, 6) is -0.0235. The molecule has 0 heterocycles. The molecule has 78 valence electrons. The van der Waals surface area contributed by atoms with E-state index in [1.165, 1.54) is 0 Å². The summed E-state index contributed by atoms with van der Waals surface area (Å²) in [5.41, 5.74) is 4.65. The van der Waals surface area contributed by atoms with Crippen LogP contribution in [0.5, 0.6) is 5.75 Å². The Kier molecular flexibility index (Phi) is 2.96. The highest BCUT2D eigenvalue weighted by Gasteiger charge is 2.26. The van der Waals surface area contributed by atoms with Crippen LogP contribution >= 0.6 is 0 Å². The Hall–Kier alpha value is -2.02. The van der Waals surface area contributed by atoms with Gasteiger partial charge in [-0.1, -0.05) is 0 Å². The molecule has 0 radical (unpaired) electrons. The lowest BCUT2D eigenvalue weighted by Crippen LogP contribution is -2.43. The molecule has 0 fully saturated rings. The van der Waals surface area contributed by atoms with E-state index in [4.69, 9.17) is 15.7 Å². The Morgan fingerprint density at radius 2 is 1.93 bits per heavy atom. The molecule has 4 heteroatoms. The highest BCUT2D eigenvalue weighted by Crippen LogP contribution is 2.18. The quantitative estimate of drug-likeness (QED) is 0.803. The van der Waals surface area contributed by atoms with Gasteiger partial charge in [-0.15, -0.1) is 0 Å². The van der Waals surface area contributed by atoms with Crippen molar-refractivity contribution in [2.24, 2.45) is 5.73 Å². The lowest BCUT2D eigenvalue weighted by atomic mass is 10.1. The van der Waals surface area contributed by atoms with E-state index >= 15 is 0 Å². The maximum Gasteiger partial charge on any atom is 0.261 e. The van der Waals surface area contributed by atoms with Crippen molar-refractivity contribution in [1.82, 2.24) is 0 Å². The summed E-state index contributed by atoms with van der Waals surface area (Å²) in [7, 11) is 0. The molecule has 0 bridgehead atoms. The lowest BCUT2D eigenvalue weighted by molar-refractivity contribution is -0.130. The smallest absolute Gasteiger partial charge is 0.261 e. The molecule has 0 spiro atoms. The fourth-order valence-electron chi connectivity index (χ4n) is 0.942. The lowest BCUT2D eigenvalue weighted by Gasteiger charge is -2.22. The second-order valence-electron chi connectivity index (χ2n) is 3.61. The van der Waals surface area contributed by atoms with Crippen LogP contribution in [-0.2, 0) is 4.79 Å². The van der Waals surface area contributed by atoms with Crippen LogP contribution in [0, 0.1) is 11.3 Å². The SMILES string of the molecule is CC(C)(Oc1ccc(C#N)cc1)C(N)=O. The second-order valence-corrected chi connectivity index (χ2v) is 3.61. The van der Waals surface area contributed by atoms with E-state index in [0.29, 0.717) is 11.3 Å². The van der Waals surface area contributed by atoms with Crippen molar-refractivity contribution < 1.29 is 9.53 Å². The number of primary amides is 1. The number of hydrogen-bond acceptors (Lipinski definition) is 3. The third-order valence-electron chi connectivity index (χ3n) is 1.95. The van der Waals surface area contributed by atoms with Gasteiger partial charge in [-0.3, -0.25) is 4.79 Å². The Balaban J connectivity index is 2.83. The van der Waals surface area contributed by atoms with Crippen LogP contribution in [0.3, 0.4) is 0 Å². The molecular weight excluding hydrogens is 192 g/mol. The van der Waals surface area contributed by atoms with E-state index in [-0.39, 0.29) is 0 Å². The van der Waals surface area contributed by atoms with Crippen LogP contribution in [0.1, 0.15) is 19.4 Å². The molecule has 15 heavy (non-hydrogen) atoms. The highest BCUT2D eigenvalue weighted by atomic mass is 16.5. The molecule has 1 amide bonds. The summed E-state index contributed by atoms with van der Waals surface area (Å²) in [5, 5.41) is 8.58. The largest absolute Gasteiger partial charge is 0.478 e. The van der Waals surface area contributed by atoms with Gasteiger partial charge >= 0.3 is 0 Å². The Bertz CT molecular complexity index is 402. The van der Waals surface area contributed by atoms with Gasteiger partial charge in [-0.25, -0.2) is 0 Å². The number of nitrogens with two attached hydrogens (primary N) is 1. The van der Waals surface area contributed by atoms with Gasteiger partial charge < -0.3 is 10.5 Å². The van der Waals surface area contributed by atoms with Gasteiger partial charge in [0.05, 0.1) is 11.6 Å². The predicted molar refractivity (Wildman–Crippen MR) is 55.1 cm³/mol. The van der Waals surface area contributed by atoms with Crippen molar-refractivity contribution in [1.29, 1.82) is 5.26 Å². The highest BCUT2D eigenvalue weighted by molar-refractivity contribution is 5.82. The average Bonchev–Trinajstić information content (AvgIpc) is 2.18. The standard InChI is InChI=1S/C11H12N2O2/c1-11(2,10(13)14)15-9-5-3-8(7-12)4-6-9/h3-6H,1-2H3,(H2,13,14). The van der Waals surface area contributed by atoms with Gasteiger partial charge in [0.25, 0.3) is 5.91 Å². The first-order valence-corrected chi connectivity index (χ1v) is 4.45. The zero-order valence-corrected chi connectivity index (χ0v) is 8.65.